The Bertz CT molecular complexity index is 1030. The lowest BCUT2D eigenvalue weighted by atomic mass is 9.82. The van der Waals surface area contributed by atoms with E-state index in [1.54, 1.807) is 0 Å². The second-order valence-electron chi connectivity index (χ2n) is 10.1. The number of rotatable bonds is 6. The number of amides is 3. The fraction of sp³-hybridized carbons (Fsp3) is 0.577. The van der Waals surface area contributed by atoms with E-state index in [2.05, 4.69) is 35.3 Å². The molecule has 1 aliphatic carbocycles. The van der Waals surface area contributed by atoms with Crippen molar-refractivity contribution in [3.05, 3.63) is 52.3 Å². The zero-order chi connectivity index (χ0) is 24.5. The van der Waals surface area contributed by atoms with Gasteiger partial charge < -0.3 is 10.1 Å². The van der Waals surface area contributed by atoms with Gasteiger partial charge in [-0.25, -0.2) is 4.79 Å². The van der Waals surface area contributed by atoms with Crippen LogP contribution in [0.15, 0.2) is 30.3 Å². The van der Waals surface area contributed by atoms with E-state index in [-0.39, 0.29) is 43.0 Å². The van der Waals surface area contributed by atoms with Crippen LogP contribution in [-0.4, -0.2) is 75.9 Å². The molecule has 2 aromatic rings. The van der Waals surface area contributed by atoms with Gasteiger partial charge in [-0.1, -0.05) is 23.7 Å². The van der Waals surface area contributed by atoms with Crippen molar-refractivity contribution in [3.8, 4) is 0 Å². The summed E-state index contributed by atoms with van der Waals surface area (Å²) in [6, 6.07) is 10.6. The quantitative estimate of drug-likeness (QED) is 0.570. The molecular weight excluding hydrogens is 501 g/mol. The summed E-state index contributed by atoms with van der Waals surface area (Å²) >= 11 is 6.10. The summed E-state index contributed by atoms with van der Waals surface area (Å²) in [5, 5.41) is 8.07. The van der Waals surface area contributed by atoms with Gasteiger partial charge in [0.15, 0.2) is 0 Å². The molecule has 10 heteroatoms. The first kappa shape index (κ1) is 26.9. The number of urea groups is 1. The third-order valence-corrected chi connectivity index (χ3v) is 8.08. The molecule has 196 valence electrons. The molecule has 1 aromatic carbocycles. The number of benzene rings is 1. The Balaban J connectivity index is 0.00000304. The Morgan fingerprint density at radius 2 is 1.86 bits per heavy atom. The summed E-state index contributed by atoms with van der Waals surface area (Å²) in [4.78, 5) is 28.1. The van der Waals surface area contributed by atoms with Gasteiger partial charge in [0.1, 0.15) is 0 Å². The second-order valence-corrected chi connectivity index (χ2v) is 10.6. The fourth-order valence-electron chi connectivity index (χ4n) is 5.74. The maximum Gasteiger partial charge on any atom is 0.324 e. The van der Waals surface area contributed by atoms with E-state index in [1.165, 1.54) is 21.9 Å². The van der Waals surface area contributed by atoms with Crippen LogP contribution in [0.1, 0.15) is 48.6 Å². The molecule has 8 nitrogen and oxygen atoms in total. The van der Waals surface area contributed by atoms with Crippen LogP contribution in [0.2, 0.25) is 5.02 Å². The van der Waals surface area contributed by atoms with Crippen LogP contribution in [0.3, 0.4) is 0 Å². The van der Waals surface area contributed by atoms with Gasteiger partial charge in [0.2, 0.25) is 5.91 Å². The largest absolute Gasteiger partial charge is 0.373 e. The zero-order valence-corrected chi connectivity index (χ0v) is 22.4. The summed E-state index contributed by atoms with van der Waals surface area (Å²) in [7, 11) is 2.01. The Morgan fingerprint density at radius 1 is 1.14 bits per heavy atom. The molecule has 1 N–H and O–H groups in total. The first-order valence-corrected chi connectivity index (χ1v) is 13.0. The normalized spacial score (nSPS) is 27.1. The third-order valence-electron chi connectivity index (χ3n) is 7.83. The Labute approximate surface area is 223 Å². The lowest BCUT2D eigenvalue weighted by Gasteiger charge is -2.46. The molecule has 2 aliphatic heterocycles. The number of ether oxygens (including phenoxy) is 1. The molecule has 36 heavy (non-hydrogen) atoms. The Morgan fingerprint density at radius 3 is 2.47 bits per heavy atom. The van der Waals surface area contributed by atoms with Gasteiger partial charge >= 0.3 is 6.03 Å². The van der Waals surface area contributed by atoms with Crippen molar-refractivity contribution >= 4 is 35.9 Å². The number of morpholine rings is 1. The van der Waals surface area contributed by atoms with E-state index in [1.807, 2.05) is 23.9 Å². The van der Waals surface area contributed by atoms with Crippen LogP contribution in [0.5, 0.6) is 0 Å². The molecule has 0 radical (unpaired) electrons. The standard InChI is InChI=1S/C26H34ClN5O3.ClH/c1-17-11-24(29-30(17)2)19-5-9-21(10-6-19)31-14-23(15-32-25(33)13-28-26(32)34)35-16-22(31)12-18-3-7-20(27)8-4-18;/h3-4,7-8,11,19,21-23H,5-6,9-10,12-16H2,1-2H3,(H,28,34);1H/t19?,21?,22-,23+;/m0./s1. The molecule has 3 fully saturated rings. The number of nitrogens with zero attached hydrogens (tertiary/aromatic N) is 4. The van der Waals surface area contributed by atoms with Gasteiger partial charge in [0.25, 0.3) is 0 Å². The van der Waals surface area contributed by atoms with Crippen molar-refractivity contribution in [2.24, 2.45) is 7.05 Å². The predicted molar refractivity (Wildman–Crippen MR) is 141 cm³/mol. The maximum absolute atomic E-state index is 12.1. The van der Waals surface area contributed by atoms with Gasteiger partial charge in [-0.15, -0.1) is 12.4 Å². The highest BCUT2D eigenvalue weighted by molar-refractivity contribution is 6.30. The lowest BCUT2D eigenvalue weighted by molar-refractivity contribution is -0.129. The number of aromatic nitrogens is 2. The van der Waals surface area contributed by atoms with Gasteiger partial charge in [-0.2, -0.15) is 5.10 Å². The van der Waals surface area contributed by atoms with E-state index in [0.29, 0.717) is 31.7 Å². The molecule has 3 heterocycles. The van der Waals surface area contributed by atoms with E-state index in [0.717, 1.165) is 37.1 Å². The van der Waals surface area contributed by atoms with E-state index in [9.17, 15) is 9.59 Å². The van der Waals surface area contributed by atoms with E-state index < -0.39 is 0 Å². The summed E-state index contributed by atoms with van der Waals surface area (Å²) < 4.78 is 8.18. The average molecular weight is 537 g/mol. The monoisotopic (exact) mass is 535 g/mol. The highest BCUT2D eigenvalue weighted by Gasteiger charge is 2.39. The number of carbonyl (C=O) groups is 2. The number of halogens is 2. The minimum atomic E-state index is -0.320. The minimum absolute atomic E-state index is 0. The molecule has 0 bridgehead atoms. The first-order valence-electron chi connectivity index (χ1n) is 12.6. The maximum atomic E-state index is 12.1. The van der Waals surface area contributed by atoms with Crippen molar-refractivity contribution in [2.75, 3.05) is 26.2 Å². The lowest BCUT2D eigenvalue weighted by Crippen LogP contribution is -2.57. The number of hydrogen-bond acceptors (Lipinski definition) is 5. The predicted octanol–water partition coefficient (Wildman–Crippen LogP) is 3.69. The van der Waals surface area contributed by atoms with Gasteiger partial charge in [-0.3, -0.25) is 19.3 Å². The SMILES string of the molecule is Cc1cc(C2CCC(N3C[C@H](CN4C(=O)CNC4=O)OC[C@@H]3Cc3ccc(Cl)cc3)CC2)nn1C.Cl. The summed E-state index contributed by atoms with van der Waals surface area (Å²) in [5.41, 5.74) is 3.64. The topological polar surface area (TPSA) is 79.7 Å². The van der Waals surface area contributed by atoms with Crippen molar-refractivity contribution in [1.29, 1.82) is 0 Å². The molecule has 2 atom stereocenters. The van der Waals surface area contributed by atoms with Gasteiger partial charge in [0.05, 0.1) is 31.5 Å². The molecule has 3 amide bonds. The molecule has 1 aromatic heterocycles. The molecule has 2 saturated heterocycles. The van der Waals surface area contributed by atoms with Crippen LogP contribution in [-0.2, 0) is 23.0 Å². The molecule has 5 rings (SSSR count). The van der Waals surface area contributed by atoms with Crippen molar-refractivity contribution < 1.29 is 14.3 Å². The number of hydrogen-bond donors (Lipinski definition) is 1. The van der Waals surface area contributed by atoms with Gasteiger partial charge in [-0.05, 0) is 62.8 Å². The van der Waals surface area contributed by atoms with Crippen molar-refractivity contribution in [3.63, 3.8) is 0 Å². The highest BCUT2D eigenvalue weighted by atomic mass is 35.5. The summed E-state index contributed by atoms with van der Waals surface area (Å²) in [6.07, 6.45) is 5.14. The van der Waals surface area contributed by atoms with Crippen LogP contribution < -0.4 is 5.32 Å². The third kappa shape index (κ3) is 5.88. The Hall–Kier alpha value is -2.13. The molecule has 0 spiro atoms. The molecule has 0 unspecified atom stereocenters. The summed E-state index contributed by atoms with van der Waals surface area (Å²) in [6.45, 7) is 3.77. The minimum Gasteiger partial charge on any atom is -0.373 e. The Kier molecular flexibility index (Phi) is 8.60. The van der Waals surface area contributed by atoms with Crippen LogP contribution >= 0.6 is 24.0 Å². The second kappa shape index (κ2) is 11.5. The van der Waals surface area contributed by atoms with Crippen LogP contribution in [0.25, 0.3) is 0 Å². The fourth-order valence-corrected chi connectivity index (χ4v) is 5.87. The number of nitrogens with one attached hydrogen (secondary N) is 1. The van der Waals surface area contributed by atoms with Crippen LogP contribution in [0, 0.1) is 6.92 Å². The van der Waals surface area contributed by atoms with Crippen LogP contribution in [0.4, 0.5) is 4.79 Å². The van der Waals surface area contributed by atoms with Crippen molar-refractivity contribution in [1.82, 2.24) is 24.9 Å². The van der Waals surface area contributed by atoms with E-state index in [4.69, 9.17) is 21.4 Å². The average Bonchev–Trinajstić information content (AvgIpc) is 3.36. The summed E-state index contributed by atoms with van der Waals surface area (Å²) in [5.74, 6) is 0.322. The molecule has 3 aliphatic rings. The zero-order valence-electron chi connectivity index (χ0n) is 20.9. The molecule has 1 saturated carbocycles. The number of aryl methyl sites for hydroxylation is 2. The van der Waals surface area contributed by atoms with Gasteiger partial charge in [0, 0.05) is 42.3 Å². The number of imide groups is 1. The van der Waals surface area contributed by atoms with Crippen molar-refractivity contribution in [2.45, 2.75) is 63.1 Å². The smallest absolute Gasteiger partial charge is 0.324 e. The highest BCUT2D eigenvalue weighted by Crippen LogP contribution is 2.36. The first-order chi connectivity index (χ1) is 16.9. The molecular formula is C26H35Cl2N5O3. The number of carbonyl (C=O) groups excluding carboxylic acids is 2. The van der Waals surface area contributed by atoms with E-state index >= 15 is 0 Å².